The minimum atomic E-state index is -0.733. The number of methoxy groups -OCH3 is 1. The van der Waals surface area contributed by atoms with Crippen molar-refractivity contribution in [1.82, 2.24) is 9.69 Å². The molecule has 0 saturated heterocycles. The second kappa shape index (κ2) is 3.42. The molecular weight excluding hydrogens is 161 g/mol. The van der Waals surface area contributed by atoms with Gasteiger partial charge in [0.15, 0.2) is 13.5 Å². The molecule has 0 fully saturated rings. The number of halogens is 1. The number of esters is 1. The molecule has 0 aliphatic heterocycles. The molecule has 12 heavy (non-hydrogen) atoms. The molecule has 0 atom stereocenters. The summed E-state index contributed by atoms with van der Waals surface area (Å²) in [6, 6.07) is 1.48. The molecule has 0 aliphatic carbocycles. The van der Waals surface area contributed by atoms with Crippen LogP contribution in [0, 0.1) is 0 Å². The Morgan fingerprint density at radius 3 is 3.00 bits per heavy atom. The molecule has 0 aromatic carbocycles. The van der Waals surface area contributed by atoms with Crippen LogP contribution in [-0.2, 0) is 4.74 Å². The van der Waals surface area contributed by atoms with Gasteiger partial charge in [-0.05, 0) is 11.7 Å². The standard InChI is InChI=1S/C5H7B2FN2O2/c1-12-5(11)3-2-4(6)10(7-8)9-3/h2,7H,6H2,1H3. The van der Waals surface area contributed by atoms with Crippen molar-refractivity contribution >= 4 is 27.1 Å². The highest BCUT2D eigenvalue weighted by Gasteiger charge is 2.11. The molecule has 7 heteroatoms. The summed E-state index contributed by atoms with van der Waals surface area (Å²) in [4.78, 5) is 10.9. The Bertz CT molecular complexity index is 302. The van der Waals surface area contributed by atoms with Crippen LogP contribution >= 0.6 is 0 Å². The quantitative estimate of drug-likeness (QED) is 0.379. The Kier molecular flexibility index (Phi) is 2.52. The van der Waals surface area contributed by atoms with E-state index in [9.17, 15) is 9.11 Å². The highest BCUT2D eigenvalue weighted by molar-refractivity contribution is 6.37. The van der Waals surface area contributed by atoms with Crippen LogP contribution < -0.4 is 5.59 Å². The van der Waals surface area contributed by atoms with Crippen LogP contribution in [0.25, 0.3) is 0 Å². The maximum absolute atomic E-state index is 12.1. The zero-order chi connectivity index (χ0) is 9.14. The van der Waals surface area contributed by atoms with E-state index in [0.29, 0.717) is 5.59 Å². The lowest BCUT2D eigenvalue weighted by Crippen LogP contribution is -2.20. The lowest BCUT2D eigenvalue weighted by atomic mass is 10.0. The summed E-state index contributed by atoms with van der Waals surface area (Å²) < 4.78 is 17.6. The van der Waals surface area contributed by atoms with E-state index in [1.165, 1.54) is 13.2 Å². The van der Waals surface area contributed by atoms with Gasteiger partial charge >= 0.3 is 13.7 Å². The molecule has 0 unspecified atom stereocenters. The van der Waals surface area contributed by atoms with Crippen LogP contribution in [0.3, 0.4) is 0 Å². The number of hydrogen-bond acceptors (Lipinski definition) is 3. The van der Waals surface area contributed by atoms with Crippen LogP contribution in [0.4, 0.5) is 4.32 Å². The maximum Gasteiger partial charge on any atom is 0.464 e. The van der Waals surface area contributed by atoms with E-state index in [4.69, 9.17) is 0 Å². The maximum atomic E-state index is 12.1. The summed E-state index contributed by atoms with van der Waals surface area (Å²) in [7, 11) is 2.19. The number of rotatable bonds is 2. The molecular formula is C5H7B2FN2O2. The monoisotopic (exact) mass is 168 g/mol. The average Bonchev–Trinajstić information content (AvgIpc) is 2.45. The van der Waals surface area contributed by atoms with Gasteiger partial charge in [-0.15, -0.1) is 0 Å². The van der Waals surface area contributed by atoms with Crippen molar-refractivity contribution in [2.45, 2.75) is 0 Å². The number of hydrogen-bond donors (Lipinski definition) is 0. The molecule has 0 N–H and O–H groups in total. The summed E-state index contributed by atoms with van der Waals surface area (Å²) in [6.45, 7) is 0. The SMILES string of the molecule is Bc1cc(C(=O)OC)nn1BF. The predicted molar refractivity (Wildman–Crippen MR) is 45.4 cm³/mol. The Balaban J connectivity index is 2.96. The van der Waals surface area contributed by atoms with Gasteiger partial charge in [-0.3, -0.25) is 4.59 Å². The first kappa shape index (κ1) is 8.83. The number of ether oxygens (including phenoxy) is 1. The summed E-state index contributed by atoms with van der Waals surface area (Å²) >= 11 is 0. The zero-order valence-electron chi connectivity index (χ0n) is 6.87. The van der Waals surface area contributed by atoms with Crippen LogP contribution in [0.15, 0.2) is 6.07 Å². The highest BCUT2D eigenvalue weighted by Crippen LogP contribution is 1.93. The van der Waals surface area contributed by atoms with E-state index in [1.54, 1.807) is 7.85 Å². The first-order valence-electron chi connectivity index (χ1n) is 3.37. The molecule has 4 nitrogen and oxygen atoms in total. The lowest BCUT2D eigenvalue weighted by molar-refractivity contribution is 0.0593. The smallest absolute Gasteiger partial charge is 0.464 e. The van der Waals surface area contributed by atoms with Gasteiger partial charge in [0, 0.05) is 0 Å². The fourth-order valence-corrected chi connectivity index (χ4v) is 0.835. The van der Waals surface area contributed by atoms with Crippen LogP contribution in [0.5, 0.6) is 0 Å². The third kappa shape index (κ3) is 1.49. The van der Waals surface area contributed by atoms with Gasteiger partial charge in [0.25, 0.3) is 0 Å². The minimum absolute atomic E-state index is 0.132. The fraction of sp³-hybridized carbons (Fsp3) is 0.200. The summed E-state index contributed by atoms with van der Waals surface area (Å²) in [5.74, 6) is -0.551. The van der Waals surface area contributed by atoms with E-state index >= 15 is 0 Å². The van der Waals surface area contributed by atoms with E-state index in [1.807, 2.05) is 0 Å². The third-order valence-electron chi connectivity index (χ3n) is 1.49. The van der Waals surface area contributed by atoms with Crippen molar-refractivity contribution in [2.24, 2.45) is 0 Å². The second-order valence-corrected chi connectivity index (χ2v) is 2.28. The number of nitrogens with zero attached hydrogens (tertiary/aromatic N) is 2. The van der Waals surface area contributed by atoms with Crippen molar-refractivity contribution in [3.8, 4) is 0 Å². The molecule has 1 rings (SSSR count). The van der Waals surface area contributed by atoms with Crippen LogP contribution in [0.1, 0.15) is 10.5 Å². The number of carbonyl (C=O) groups is 1. The molecule has 0 saturated carbocycles. The van der Waals surface area contributed by atoms with E-state index < -0.39 is 13.7 Å². The second-order valence-electron chi connectivity index (χ2n) is 2.28. The summed E-state index contributed by atoms with van der Waals surface area (Å²) in [5, 5.41) is 3.67. The first-order valence-corrected chi connectivity index (χ1v) is 3.37. The van der Waals surface area contributed by atoms with Crippen molar-refractivity contribution in [1.29, 1.82) is 0 Å². The van der Waals surface area contributed by atoms with Crippen molar-refractivity contribution in [3.63, 3.8) is 0 Å². The van der Waals surface area contributed by atoms with Crippen molar-refractivity contribution in [3.05, 3.63) is 11.8 Å². The van der Waals surface area contributed by atoms with Gasteiger partial charge in [-0.2, -0.15) is 5.10 Å². The lowest BCUT2D eigenvalue weighted by Gasteiger charge is -1.92. The van der Waals surface area contributed by atoms with E-state index in [-0.39, 0.29) is 5.69 Å². The van der Waals surface area contributed by atoms with Gasteiger partial charge in [-0.25, -0.2) is 4.79 Å². The average molecular weight is 168 g/mol. The Hall–Kier alpha value is -1.26. The molecule has 0 bridgehead atoms. The summed E-state index contributed by atoms with van der Waals surface area (Å²) in [5.41, 5.74) is 0.727. The van der Waals surface area contributed by atoms with Crippen LogP contribution in [0.2, 0.25) is 0 Å². The Morgan fingerprint density at radius 2 is 2.58 bits per heavy atom. The molecule has 0 spiro atoms. The Morgan fingerprint density at radius 1 is 1.92 bits per heavy atom. The van der Waals surface area contributed by atoms with Gasteiger partial charge in [0.05, 0.1) is 7.11 Å². The molecule has 0 amide bonds. The normalized spacial score (nSPS) is 9.50. The van der Waals surface area contributed by atoms with E-state index in [2.05, 4.69) is 9.84 Å². The van der Waals surface area contributed by atoms with Crippen molar-refractivity contribution < 1.29 is 13.8 Å². The molecule has 62 valence electrons. The highest BCUT2D eigenvalue weighted by atomic mass is 19.1. The molecule has 1 aromatic heterocycles. The minimum Gasteiger partial charge on any atom is -0.464 e. The van der Waals surface area contributed by atoms with Crippen LogP contribution in [-0.4, -0.2) is 38.3 Å². The molecule has 1 aromatic rings. The fourth-order valence-electron chi connectivity index (χ4n) is 0.835. The number of carbonyl (C=O) groups excluding carboxylic acids is 1. The van der Waals surface area contributed by atoms with Gasteiger partial charge in [-0.1, -0.05) is 0 Å². The van der Waals surface area contributed by atoms with Gasteiger partial charge < -0.3 is 9.05 Å². The molecule has 1 heterocycles. The molecule has 0 aliphatic rings. The largest absolute Gasteiger partial charge is 0.464 e. The van der Waals surface area contributed by atoms with Crippen molar-refractivity contribution in [2.75, 3.05) is 7.11 Å². The topological polar surface area (TPSA) is 44.1 Å². The predicted octanol–water partition coefficient (Wildman–Crippen LogP) is -1.99. The van der Waals surface area contributed by atoms with Gasteiger partial charge in [0.1, 0.15) is 0 Å². The molecule has 0 radical (unpaired) electrons. The summed E-state index contributed by atoms with van der Waals surface area (Å²) in [6.07, 6.45) is 0. The van der Waals surface area contributed by atoms with Gasteiger partial charge in [0.2, 0.25) is 0 Å². The van der Waals surface area contributed by atoms with E-state index in [0.717, 1.165) is 4.59 Å². The third-order valence-corrected chi connectivity index (χ3v) is 1.49. The number of aromatic nitrogens is 2. The Labute approximate surface area is 70.4 Å². The first-order chi connectivity index (χ1) is 5.69. The zero-order valence-corrected chi connectivity index (χ0v) is 6.87.